The van der Waals surface area contributed by atoms with E-state index in [2.05, 4.69) is 48.2 Å². The van der Waals surface area contributed by atoms with Crippen LogP contribution >= 0.6 is 0 Å². The number of likely N-dealkylation sites (tertiary alicyclic amines) is 1. The molecule has 102 valence electrons. The van der Waals surface area contributed by atoms with E-state index in [1.807, 2.05) is 6.20 Å². The quantitative estimate of drug-likeness (QED) is 0.857. The van der Waals surface area contributed by atoms with Gasteiger partial charge < -0.3 is 10.2 Å². The Morgan fingerprint density at radius 3 is 2.89 bits per heavy atom. The predicted octanol–water partition coefficient (Wildman–Crippen LogP) is 1.89. The molecule has 4 nitrogen and oxygen atoms in total. The molecule has 2 N–H and O–H groups in total. The van der Waals surface area contributed by atoms with Crippen molar-refractivity contribution in [3.05, 3.63) is 17.5 Å². The average Bonchev–Trinajstić information content (AvgIpc) is 2.87. The fourth-order valence-corrected chi connectivity index (χ4v) is 2.71. The Balaban J connectivity index is 1.85. The Morgan fingerprint density at radius 2 is 2.28 bits per heavy atom. The van der Waals surface area contributed by atoms with Gasteiger partial charge in [0.15, 0.2) is 0 Å². The van der Waals surface area contributed by atoms with E-state index in [1.54, 1.807) is 0 Å². The molecular weight excluding hydrogens is 224 g/mol. The smallest absolute Gasteiger partial charge is 0.0535 e. The van der Waals surface area contributed by atoms with Crippen LogP contribution in [0.25, 0.3) is 0 Å². The molecule has 4 heteroatoms. The molecule has 1 aliphatic heterocycles. The number of nitrogens with one attached hydrogen (secondary N) is 2. The highest BCUT2D eigenvalue weighted by Crippen LogP contribution is 2.23. The minimum Gasteiger partial charge on any atom is -0.311 e. The van der Waals surface area contributed by atoms with Crippen LogP contribution in [0, 0.1) is 0 Å². The van der Waals surface area contributed by atoms with E-state index in [-0.39, 0.29) is 5.41 Å². The maximum atomic E-state index is 4.18. The molecule has 18 heavy (non-hydrogen) atoms. The first-order valence-electron chi connectivity index (χ1n) is 6.92. The molecule has 0 radical (unpaired) electrons. The summed E-state index contributed by atoms with van der Waals surface area (Å²) in [5.41, 5.74) is 2.68. The van der Waals surface area contributed by atoms with E-state index in [1.165, 1.54) is 30.6 Å². The van der Waals surface area contributed by atoms with E-state index in [9.17, 15) is 0 Å². The Kier molecular flexibility index (Phi) is 4.07. The van der Waals surface area contributed by atoms with Gasteiger partial charge >= 0.3 is 0 Å². The average molecular weight is 250 g/mol. The summed E-state index contributed by atoms with van der Waals surface area (Å²) in [7, 11) is 2.22. The summed E-state index contributed by atoms with van der Waals surface area (Å²) >= 11 is 0. The topological polar surface area (TPSA) is 44.0 Å². The van der Waals surface area contributed by atoms with Crippen LogP contribution < -0.4 is 5.32 Å². The first kappa shape index (κ1) is 13.6. The Morgan fingerprint density at radius 1 is 1.50 bits per heavy atom. The summed E-state index contributed by atoms with van der Waals surface area (Å²) in [6.07, 6.45) is 4.61. The van der Waals surface area contributed by atoms with Crippen molar-refractivity contribution in [1.29, 1.82) is 0 Å². The lowest BCUT2D eigenvalue weighted by Crippen LogP contribution is -2.35. The zero-order valence-corrected chi connectivity index (χ0v) is 12.1. The zero-order valence-electron chi connectivity index (χ0n) is 12.1. The van der Waals surface area contributed by atoms with Gasteiger partial charge in [0.05, 0.1) is 6.20 Å². The molecule has 1 saturated heterocycles. The van der Waals surface area contributed by atoms with Crippen molar-refractivity contribution in [2.75, 3.05) is 20.1 Å². The Bertz CT molecular complexity index is 377. The van der Waals surface area contributed by atoms with Crippen molar-refractivity contribution in [3.8, 4) is 0 Å². The molecule has 0 aromatic carbocycles. The molecule has 1 atom stereocenters. The molecule has 1 aromatic rings. The predicted molar refractivity (Wildman–Crippen MR) is 74.6 cm³/mol. The van der Waals surface area contributed by atoms with E-state index < -0.39 is 0 Å². The number of aromatic nitrogens is 2. The maximum absolute atomic E-state index is 4.18. The van der Waals surface area contributed by atoms with Crippen LogP contribution in [0.4, 0.5) is 0 Å². The summed E-state index contributed by atoms with van der Waals surface area (Å²) in [6, 6.07) is 0.704. The number of aromatic amines is 1. The summed E-state index contributed by atoms with van der Waals surface area (Å²) in [4.78, 5) is 2.45. The van der Waals surface area contributed by atoms with E-state index in [0.29, 0.717) is 6.04 Å². The van der Waals surface area contributed by atoms with Crippen molar-refractivity contribution in [1.82, 2.24) is 20.4 Å². The van der Waals surface area contributed by atoms with Crippen LogP contribution in [0.15, 0.2) is 6.20 Å². The van der Waals surface area contributed by atoms with E-state index >= 15 is 0 Å². The van der Waals surface area contributed by atoms with Gasteiger partial charge in [-0.05, 0) is 26.4 Å². The monoisotopic (exact) mass is 250 g/mol. The van der Waals surface area contributed by atoms with Gasteiger partial charge in [-0.2, -0.15) is 5.10 Å². The second-order valence-corrected chi connectivity index (χ2v) is 6.43. The van der Waals surface area contributed by atoms with Gasteiger partial charge in [0.2, 0.25) is 0 Å². The standard InChI is InChI=1S/C14H26N4/c1-14(2,3)13-11(9-16-17-13)8-15-10-12-6-5-7-18(12)4/h9,12,15H,5-8,10H2,1-4H3,(H,16,17). The molecule has 1 unspecified atom stereocenters. The van der Waals surface area contributed by atoms with E-state index in [0.717, 1.165) is 13.1 Å². The lowest BCUT2D eigenvalue weighted by molar-refractivity contribution is 0.300. The highest BCUT2D eigenvalue weighted by Gasteiger charge is 2.22. The summed E-state index contributed by atoms with van der Waals surface area (Å²) < 4.78 is 0. The van der Waals surface area contributed by atoms with Crippen molar-refractivity contribution in [3.63, 3.8) is 0 Å². The second-order valence-electron chi connectivity index (χ2n) is 6.43. The van der Waals surface area contributed by atoms with Crippen molar-refractivity contribution in [2.45, 2.75) is 51.6 Å². The number of rotatable bonds is 4. The lowest BCUT2D eigenvalue weighted by atomic mass is 9.89. The third-order valence-electron chi connectivity index (χ3n) is 3.83. The van der Waals surface area contributed by atoms with Crippen LogP contribution in [-0.4, -0.2) is 41.3 Å². The molecule has 1 aromatic heterocycles. The fraction of sp³-hybridized carbons (Fsp3) is 0.786. The largest absolute Gasteiger partial charge is 0.311 e. The first-order chi connectivity index (χ1) is 8.48. The first-order valence-corrected chi connectivity index (χ1v) is 6.92. The third kappa shape index (κ3) is 3.12. The number of hydrogen-bond acceptors (Lipinski definition) is 3. The molecule has 0 saturated carbocycles. The highest BCUT2D eigenvalue weighted by atomic mass is 15.2. The van der Waals surface area contributed by atoms with Gasteiger partial charge in [-0.3, -0.25) is 5.10 Å². The lowest BCUT2D eigenvalue weighted by Gasteiger charge is -2.21. The van der Waals surface area contributed by atoms with Crippen LogP contribution in [0.3, 0.4) is 0 Å². The molecule has 1 fully saturated rings. The number of hydrogen-bond donors (Lipinski definition) is 2. The Hall–Kier alpha value is -0.870. The van der Waals surface area contributed by atoms with Crippen LogP contribution in [0.2, 0.25) is 0 Å². The summed E-state index contributed by atoms with van der Waals surface area (Å²) in [5, 5.41) is 10.9. The molecule has 0 spiro atoms. The van der Waals surface area contributed by atoms with Crippen molar-refractivity contribution in [2.24, 2.45) is 0 Å². The molecule has 2 rings (SSSR count). The molecule has 0 aliphatic carbocycles. The molecule has 1 aliphatic rings. The fourth-order valence-electron chi connectivity index (χ4n) is 2.71. The van der Waals surface area contributed by atoms with Crippen LogP contribution in [0.1, 0.15) is 44.9 Å². The van der Waals surface area contributed by atoms with Gasteiger partial charge in [0.25, 0.3) is 0 Å². The van der Waals surface area contributed by atoms with Gasteiger partial charge in [0.1, 0.15) is 0 Å². The van der Waals surface area contributed by atoms with E-state index in [4.69, 9.17) is 0 Å². The molecule has 0 bridgehead atoms. The van der Waals surface area contributed by atoms with Gasteiger partial charge in [0, 0.05) is 35.8 Å². The zero-order chi connectivity index (χ0) is 13.2. The van der Waals surface area contributed by atoms with Crippen LogP contribution in [0.5, 0.6) is 0 Å². The minimum atomic E-state index is 0.137. The Labute approximate surface area is 110 Å². The van der Waals surface area contributed by atoms with Gasteiger partial charge in [-0.1, -0.05) is 20.8 Å². The molecule has 0 amide bonds. The van der Waals surface area contributed by atoms with Crippen LogP contribution in [-0.2, 0) is 12.0 Å². The second kappa shape index (κ2) is 5.41. The van der Waals surface area contributed by atoms with Gasteiger partial charge in [-0.25, -0.2) is 0 Å². The SMILES string of the molecule is CN1CCCC1CNCc1cn[nH]c1C(C)(C)C. The summed E-state index contributed by atoms with van der Waals surface area (Å²) in [6.45, 7) is 9.88. The maximum Gasteiger partial charge on any atom is 0.0535 e. The normalized spacial score (nSPS) is 21.7. The minimum absolute atomic E-state index is 0.137. The van der Waals surface area contributed by atoms with Crippen molar-refractivity contribution < 1.29 is 0 Å². The summed E-state index contributed by atoms with van der Waals surface area (Å²) in [5.74, 6) is 0. The molecule has 2 heterocycles. The highest BCUT2D eigenvalue weighted by molar-refractivity contribution is 5.23. The third-order valence-corrected chi connectivity index (χ3v) is 3.83. The number of likely N-dealkylation sites (N-methyl/N-ethyl adjacent to an activating group) is 1. The molecular formula is C14H26N4. The van der Waals surface area contributed by atoms with Gasteiger partial charge in [-0.15, -0.1) is 0 Å². The van der Waals surface area contributed by atoms with Crippen molar-refractivity contribution >= 4 is 0 Å². The number of nitrogens with zero attached hydrogens (tertiary/aromatic N) is 2. The number of H-pyrrole nitrogens is 1.